The highest BCUT2D eigenvalue weighted by atomic mass is 32.2. The number of aliphatic imine (C=N–C) groups is 1. The largest absolute Gasteiger partial charge is 0.357 e. The van der Waals surface area contributed by atoms with Crippen molar-refractivity contribution in [2.75, 3.05) is 45.0 Å². The maximum Gasteiger partial charge on any atom is 0.193 e. The second-order valence-electron chi connectivity index (χ2n) is 7.01. The molecule has 0 aliphatic carbocycles. The van der Waals surface area contributed by atoms with Gasteiger partial charge in [0.15, 0.2) is 5.96 Å². The Kier molecular flexibility index (Phi) is 8.54. The molecular formula is C17H36N4OS. The molecule has 1 fully saturated rings. The smallest absolute Gasteiger partial charge is 0.193 e. The van der Waals surface area contributed by atoms with Crippen molar-refractivity contribution in [2.45, 2.75) is 58.8 Å². The summed E-state index contributed by atoms with van der Waals surface area (Å²) in [5, 5.41) is 3.39. The van der Waals surface area contributed by atoms with Crippen molar-refractivity contribution in [3.8, 4) is 0 Å². The summed E-state index contributed by atoms with van der Waals surface area (Å²) in [6.07, 6.45) is 1.19. The molecule has 23 heavy (non-hydrogen) atoms. The van der Waals surface area contributed by atoms with Crippen LogP contribution in [0.15, 0.2) is 4.99 Å². The number of hydrogen-bond acceptors (Lipinski definition) is 3. The van der Waals surface area contributed by atoms with Gasteiger partial charge >= 0.3 is 0 Å². The molecule has 0 aromatic rings. The number of nitrogens with one attached hydrogen (secondary N) is 1. The third-order valence-electron chi connectivity index (χ3n) is 4.35. The molecule has 0 aromatic heterocycles. The van der Waals surface area contributed by atoms with Crippen molar-refractivity contribution >= 4 is 16.8 Å². The average Bonchev–Trinajstić information content (AvgIpc) is 2.96. The molecular weight excluding hydrogens is 308 g/mol. The number of guanidine groups is 1. The highest BCUT2D eigenvalue weighted by Gasteiger charge is 2.28. The molecule has 5 nitrogen and oxygen atoms in total. The minimum absolute atomic E-state index is 0.157. The minimum Gasteiger partial charge on any atom is -0.357 e. The Balaban J connectivity index is 2.61. The van der Waals surface area contributed by atoms with E-state index in [4.69, 9.17) is 4.99 Å². The SMILES string of the molecule is CCNC(=NCCS(=O)C(C)(C)C)N1CCC(N(CC)CC)C1. The predicted molar refractivity (Wildman–Crippen MR) is 102 cm³/mol. The molecule has 2 atom stereocenters. The monoisotopic (exact) mass is 344 g/mol. The van der Waals surface area contributed by atoms with Gasteiger partial charge in [0.25, 0.3) is 0 Å². The number of likely N-dealkylation sites (tertiary alicyclic amines) is 1. The zero-order valence-corrected chi connectivity index (χ0v) is 16.7. The molecule has 0 amide bonds. The molecule has 0 spiro atoms. The number of rotatable bonds is 7. The average molecular weight is 345 g/mol. The summed E-state index contributed by atoms with van der Waals surface area (Å²) in [5.74, 6) is 1.61. The molecule has 1 rings (SSSR count). The topological polar surface area (TPSA) is 47.9 Å². The van der Waals surface area contributed by atoms with Crippen molar-refractivity contribution in [3.63, 3.8) is 0 Å². The molecule has 1 heterocycles. The summed E-state index contributed by atoms with van der Waals surface area (Å²) < 4.78 is 12.0. The van der Waals surface area contributed by atoms with Crippen molar-refractivity contribution < 1.29 is 4.21 Å². The first kappa shape index (κ1) is 20.4. The van der Waals surface area contributed by atoms with Gasteiger partial charge < -0.3 is 10.2 Å². The minimum atomic E-state index is -0.838. The van der Waals surface area contributed by atoms with E-state index in [1.807, 2.05) is 20.8 Å². The van der Waals surface area contributed by atoms with Gasteiger partial charge in [0.1, 0.15) is 0 Å². The first-order valence-electron chi connectivity index (χ1n) is 8.99. The molecule has 1 saturated heterocycles. The van der Waals surface area contributed by atoms with Gasteiger partial charge in [-0.2, -0.15) is 0 Å². The van der Waals surface area contributed by atoms with Gasteiger partial charge in [-0.1, -0.05) is 13.8 Å². The van der Waals surface area contributed by atoms with Gasteiger partial charge in [-0.15, -0.1) is 0 Å². The molecule has 0 saturated carbocycles. The van der Waals surface area contributed by atoms with Gasteiger partial charge in [-0.05, 0) is 47.2 Å². The van der Waals surface area contributed by atoms with Crippen LogP contribution in [0.5, 0.6) is 0 Å². The number of nitrogens with zero attached hydrogens (tertiary/aromatic N) is 3. The molecule has 0 radical (unpaired) electrons. The zero-order chi connectivity index (χ0) is 17.5. The first-order chi connectivity index (χ1) is 10.8. The molecule has 0 bridgehead atoms. The third-order valence-corrected chi connectivity index (χ3v) is 6.27. The van der Waals surface area contributed by atoms with E-state index in [1.54, 1.807) is 0 Å². The van der Waals surface area contributed by atoms with E-state index in [-0.39, 0.29) is 4.75 Å². The zero-order valence-electron chi connectivity index (χ0n) is 15.9. The van der Waals surface area contributed by atoms with Gasteiger partial charge in [0.05, 0.1) is 6.54 Å². The molecule has 1 aliphatic rings. The van der Waals surface area contributed by atoms with Gasteiger partial charge in [0.2, 0.25) is 0 Å². The summed E-state index contributed by atoms with van der Waals surface area (Å²) in [4.78, 5) is 9.59. The Labute approximate surface area is 145 Å². The molecule has 136 valence electrons. The van der Waals surface area contributed by atoms with Crippen LogP contribution in [0.25, 0.3) is 0 Å². The van der Waals surface area contributed by atoms with Crippen LogP contribution in [0.1, 0.15) is 48.0 Å². The summed E-state index contributed by atoms with van der Waals surface area (Å²) in [6, 6.07) is 0.623. The lowest BCUT2D eigenvalue weighted by Gasteiger charge is -2.27. The van der Waals surface area contributed by atoms with Crippen LogP contribution in [0.2, 0.25) is 0 Å². The maximum atomic E-state index is 12.1. The van der Waals surface area contributed by atoms with Crippen molar-refractivity contribution in [3.05, 3.63) is 0 Å². The Morgan fingerprint density at radius 1 is 1.30 bits per heavy atom. The molecule has 0 aromatic carbocycles. The van der Waals surface area contributed by atoms with E-state index in [1.165, 1.54) is 6.42 Å². The molecule has 2 unspecified atom stereocenters. The Hall–Kier alpha value is -0.620. The Bertz CT molecular complexity index is 402. The maximum absolute atomic E-state index is 12.1. The van der Waals surface area contributed by atoms with E-state index in [0.717, 1.165) is 38.7 Å². The second kappa shape index (κ2) is 9.62. The molecule has 1 N–H and O–H groups in total. The van der Waals surface area contributed by atoms with E-state index in [9.17, 15) is 4.21 Å². The summed E-state index contributed by atoms with van der Waals surface area (Å²) >= 11 is 0. The van der Waals surface area contributed by atoms with Crippen LogP contribution in [0.4, 0.5) is 0 Å². The highest BCUT2D eigenvalue weighted by molar-refractivity contribution is 7.86. The highest BCUT2D eigenvalue weighted by Crippen LogP contribution is 2.16. The predicted octanol–water partition coefficient (Wildman–Crippen LogP) is 1.92. The fourth-order valence-electron chi connectivity index (χ4n) is 2.94. The Morgan fingerprint density at radius 3 is 2.48 bits per heavy atom. The second-order valence-corrected chi connectivity index (χ2v) is 9.33. The lowest BCUT2D eigenvalue weighted by Crippen LogP contribution is -2.43. The first-order valence-corrected chi connectivity index (χ1v) is 10.3. The quantitative estimate of drug-likeness (QED) is 0.566. The van der Waals surface area contributed by atoms with Crippen LogP contribution in [0, 0.1) is 0 Å². The lowest BCUT2D eigenvalue weighted by molar-refractivity contribution is 0.223. The standard InChI is InChI=1S/C17H36N4OS/c1-7-18-16(19-11-13-23(22)17(4,5)6)21-12-10-15(14-21)20(8-2)9-3/h15H,7-14H2,1-6H3,(H,18,19). The van der Waals surface area contributed by atoms with Gasteiger partial charge in [0, 0.05) is 47.0 Å². The van der Waals surface area contributed by atoms with Crippen molar-refractivity contribution in [2.24, 2.45) is 4.99 Å². The third kappa shape index (κ3) is 6.42. The number of likely N-dealkylation sites (N-methyl/N-ethyl adjacent to an activating group) is 1. The summed E-state index contributed by atoms with van der Waals surface area (Å²) in [6.45, 7) is 18.4. The summed E-state index contributed by atoms with van der Waals surface area (Å²) in [5.41, 5.74) is 0. The van der Waals surface area contributed by atoms with Crippen LogP contribution in [-0.4, -0.2) is 75.8 Å². The van der Waals surface area contributed by atoms with Crippen LogP contribution < -0.4 is 5.32 Å². The van der Waals surface area contributed by atoms with Gasteiger partial charge in [-0.25, -0.2) is 0 Å². The normalized spacial score (nSPS) is 21.1. The lowest BCUT2D eigenvalue weighted by atomic mass is 10.2. The van der Waals surface area contributed by atoms with Crippen molar-refractivity contribution in [1.29, 1.82) is 0 Å². The van der Waals surface area contributed by atoms with Crippen LogP contribution in [0.3, 0.4) is 0 Å². The fraction of sp³-hybridized carbons (Fsp3) is 0.941. The van der Waals surface area contributed by atoms with E-state index in [2.05, 4.69) is 35.9 Å². The Morgan fingerprint density at radius 2 is 1.96 bits per heavy atom. The fourth-order valence-corrected chi connectivity index (χ4v) is 3.81. The van der Waals surface area contributed by atoms with E-state index >= 15 is 0 Å². The number of hydrogen-bond donors (Lipinski definition) is 1. The summed E-state index contributed by atoms with van der Waals surface area (Å²) in [7, 11) is -0.838. The van der Waals surface area contributed by atoms with Gasteiger partial charge in [-0.3, -0.25) is 14.1 Å². The van der Waals surface area contributed by atoms with Crippen LogP contribution >= 0.6 is 0 Å². The van der Waals surface area contributed by atoms with E-state index < -0.39 is 10.8 Å². The molecule has 1 aliphatic heterocycles. The van der Waals surface area contributed by atoms with Crippen molar-refractivity contribution in [1.82, 2.24) is 15.1 Å². The van der Waals surface area contributed by atoms with Crippen LogP contribution in [-0.2, 0) is 10.8 Å². The van der Waals surface area contributed by atoms with E-state index in [0.29, 0.717) is 18.3 Å². The molecule has 6 heteroatoms.